The van der Waals surface area contributed by atoms with E-state index in [1.807, 2.05) is 26.0 Å². The molecule has 6 aromatic rings. The Morgan fingerprint density at radius 3 is 1.47 bits per heavy atom. The smallest absolute Gasteiger partial charge is 0.243 e. The van der Waals surface area contributed by atoms with Crippen LogP contribution in [0.5, 0.6) is 0 Å². The van der Waals surface area contributed by atoms with Gasteiger partial charge in [-0.15, -0.1) is 0 Å². The predicted molar refractivity (Wildman–Crippen MR) is 295 cm³/mol. The molecule has 4 bridgehead atoms. The van der Waals surface area contributed by atoms with Crippen molar-refractivity contribution in [2.75, 3.05) is 89.5 Å². The van der Waals surface area contributed by atoms with Crippen LogP contribution in [0.15, 0.2) is 94.7 Å². The summed E-state index contributed by atoms with van der Waals surface area (Å²) in [5.41, 5.74) is 9.94. The van der Waals surface area contributed by atoms with Crippen molar-refractivity contribution < 1.29 is 38.8 Å². The first kappa shape index (κ1) is 51.7. The summed E-state index contributed by atoms with van der Waals surface area (Å²) in [5, 5.41) is 2.17. The van der Waals surface area contributed by atoms with Crippen molar-refractivity contribution in [1.82, 2.24) is 28.4 Å². The maximum Gasteiger partial charge on any atom is 0.243 e. The largest absolute Gasteiger partial charge is 0.377 e. The van der Waals surface area contributed by atoms with Gasteiger partial charge in [-0.25, -0.2) is 16.8 Å². The summed E-state index contributed by atoms with van der Waals surface area (Å²) in [7, 11) is -4.76. The average Bonchev–Trinajstić information content (AvgIpc) is 4.25. The van der Waals surface area contributed by atoms with Gasteiger partial charge < -0.3 is 39.0 Å². The van der Waals surface area contributed by atoms with Gasteiger partial charge in [0.2, 0.25) is 31.9 Å². The minimum absolute atomic E-state index is 0. The van der Waals surface area contributed by atoms with Crippen molar-refractivity contribution in [2.45, 2.75) is 100 Å². The molecule has 4 aromatic carbocycles. The summed E-state index contributed by atoms with van der Waals surface area (Å²) in [4.78, 5) is 41.3. The number of hydrogen-bond donors (Lipinski definition) is 2. The molecule has 2 N–H and O–H groups in total. The monoisotopic (exact) mass is 1050 g/mol. The Morgan fingerprint density at radius 2 is 1.04 bits per heavy atom. The molecule has 0 spiro atoms. The number of amides is 2. The van der Waals surface area contributed by atoms with E-state index >= 15 is 0 Å². The normalized spacial score (nSPS) is 21.4. The van der Waals surface area contributed by atoms with Crippen molar-refractivity contribution in [3.8, 4) is 22.5 Å². The van der Waals surface area contributed by atoms with Gasteiger partial charge in [-0.1, -0.05) is 38.1 Å². The van der Waals surface area contributed by atoms with Crippen molar-refractivity contribution >= 4 is 65.0 Å². The number of aromatic amines is 2. The number of aromatic nitrogens is 2. The van der Waals surface area contributed by atoms with Crippen LogP contribution >= 0.6 is 0 Å². The van der Waals surface area contributed by atoms with Crippen LogP contribution in [0.25, 0.3) is 44.3 Å². The first-order valence-electron chi connectivity index (χ1n) is 26.3. The summed E-state index contributed by atoms with van der Waals surface area (Å²) >= 11 is 0. The zero-order valence-corrected chi connectivity index (χ0v) is 45.1. The van der Waals surface area contributed by atoms with Gasteiger partial charge in [0.1, 0.15) is 0 Å². The van der Waals surface area contributed by atoms with Gasteiger partial charge in [-0.3, -0.25) is 9.59 Å². The number of fused-ring (bicyclic) bond motifs is 6. The minimum Gasteiger partial charge on any atom is -0.377 e. The quantitative estimate of drug-likeness (QED) is 0.122. The molecular weight excluding hydrogens is 977 g/mol. The lowest BCUT2D eigenvalue weighted by molar-refractivity contribution is -0.187. The molecule has 0 aliphatic carbocycles. The molecule has 74 heavy (non-hydrogen) atoms. The molecule has 2 aromatic heterocycles. The van der Waals surface area contributed by atoms with Crippen LogP contribution in [0.4, 0.5) is 11.4 Å². The molecule has 0 radical (unpaired) electrons. The van der Waals surface area contributed by atoms with Crippen LogP contribution in [0.2, 0.25) is 0 Å². The van der Waals surface area contributed by atoms with Crippen LogP contribution < -0.4 is 9.80 Å². The Kier molecular flexibility index (Phi) is 14.7. The second-order valence-corrected chi connectivity index (χ2v) is 24.7. The van der Waals surface area contributed by atoms with Crippen LogP contribution in [-0.4, -0.2) is 161 Å². The van der Waals surface area contributed by atoms with Crippen molar-refractivity contribution in [2.24, 2.45) is 0 Å². The third-order valence-electron chi connectivity index (χ3n) is 15.4. The Labute approximate surface area is 438 Å². The summed E-state index contributed by atoms with van der Waals surface area (Å²) in [5.74, 6) is -0.343. The maximum absolute atomic E-state index is 13.6. The van der Waals surface area contributed by atoms with E-state index in [4.69, 9.17) is 9.47 Å². The number of carbonyl (C=O) groups excluding carboxylic acids is 2. The number of morpholine rings is 2. The summed E-state index contributed by atoms with van der Waals surface area (Å²) < 4.78 is 67.7. The topological polar surface area (TPSA) is 172 Å². The number of nitrogens with one attached hydrogen (secondary N) is 2. The highest BCUT2D eigenvalue weighted by atomic mass is 32.2. The zero-order chi connectivity index (χ0) is 52.1. The highest BCUT2D eigenvalue weighted by Gasteiger charge is 2.46. The number of anilines is 2. The van der Waals surface area contributed by atoms with Gasteiger partial charge in [-0.2, -0.15) is 8.61 Å². The SMILES string of the molecule is CC.Cc1ccc2cc(-c3cc(S(=O)(=O)N(C)CC(=O)N4C5COCC4C5)ccc3N3CCCC3)[nH]c2c1.Cc1ccc2cc(-c3cc(S(=O)(=O)N(C)CC(=O)N4CC5CC(C4)O5)ccc3N3CCCC3)[nH]c2c1.[HH].[HH]. The van der Waals surface area contributed by atoms with E-state index < -0.39 is 20.0 Å². The van der Waals surface area contributed by atoms with Gasteiger partial charge in [0.25, 0.3) is 0 Å². The third kappa shape index (κ3) is 10.2. The second-order valence-electron chi connectivity index (χ2n) is 20.6. The van der Waals surface area contributed by atoms with Gasteiger partial charge in [0.05, 0.1) is 60.4 Å². The summed E-state index contributed by atoms with van der Waals surface area (Å²) in [6.45, 7) is 13.7. The molecule has 7 aliphatic rings. The minimum atomic E-state index is -3.86. The van der Waals surface area contributed by atoms with Crippen molar-refractivity contribution in [3.63, 3.8) is 0 Å². The van der Waals surface area contributed by atoms with Crippen LogP contribution in [0, 0.1) is 13.8 Å². The number of H-pyrrole nitrogens is 2. The summed E-state index contributed by atoms with van der Waals surface area (Å²) in [6.07, 6.45) is 6.61. The Bertz CT molecular complexity index is 3270. The van der Waals surface area contributed by atoms with E-state index in [0.717, 1.165) is 132 Å². The van der Waals surface area contributed by atoms with E-state index in [1.165, 1.54) is 22.7 Å². The van der Waals surface area contributed by atoms with Crippen molar-refractivity contribution in [3.05, 3.63) is 96.1 Å². The van der Waals surface area contributed by atoms with Crippen molar-refractivity contribution in [1.29, 1.82) is 0 Å². The molecule has 13 rings (SSSR count). The van der Waals surface area contributed by atoms with Crippen LogP contribution in [0.3, 0.4) is 0 Å². The maximum atomic E-state index is 13.6. The first-order chi connectivity index (χ1) is 35.6. The fourth-order valence-electron chi connectivity index (χ4n) is 11.4. The number of carbonyl (C=O) groups is 2. The average molecular weight is 1050 g/mol. The number of sulfonamides is 2. The Morgan fingerprint density at radius 1 is 0.608 bits per heavy atom. The van der Waals surface area contributed by atoms with E-state index in [1.54, 1.807) is 34.1 Å². The number of ether oxygens (including phenoxy) is 2. The zero-order valence-electron chi connectivity index (χ0n) is 43.5. The number of hydrogen-bond acceptors (Lipinski definition) is 10. The van der Waals surface area contributed by atoms with E-state index in [0.29, 0.717) is 26.3 Å². The molecular formula is C56H74N8O8S2. The Hall–Kier alpha value is -5.76. The van der Waals surface area contributed by atoms with Gasteiger partial charge in [0, 0.05) is 118 Å². The number of piperidine rings is 1. The van der Waals surface area contributed by atoms with E-state index in [-0.39, 0.29) is 61.8 Å². The molecule has 7 fully saturated rings. The molecule has 16 nitrogen and oxygen atoms in total. The van der Waals surface area contributed by atoms with Crippen LogP contribution in [0.1, 0.15) is 66.4 Å². The number of likely N-dealkylation sites (N-methyl/N-ethyl adjacent to an activating group) is 2. The van der Waals surface area contributed by atoms with Gasteiger partial charge in [0.15, 0.2) is 0 Å². The number of rotatable bonds is 12. The third-order valence-corrected chi connectivity index (χ3v) is 19.0. The number of benzene rings is 4. The molecule has 4 atom stereocenters. The second kappa shape index (κ2) is 21.1. The highest BCUT2D eigenvalue weighted by Crippen LogP contribution is 2.39. The molecule has 7 saturated heterocycles. The molecule has 4 unspecified atom stereocenters. The molecule has 2 amide bonds. The lowest BCUT2D eigenvalue weighted by Gasteiger charge is -2.52. The standard InChI is InChI=1S/2C27H32N4O4S.C2H6.2H2/c1-18-5-6-19-12-25(28-24(19)11-18)23-14-22(7-8-26(23)30-9-3-4-10-30)36(33,34)29(2)15-27(32)31-20-13-21(31)17-35-16-20;1-18-5-6-19-12-25(28-24(19)11-18)23-14-22(7-8-26(23)30-9-3-4-10-30)36(33,34)29(2)17-27(32)31-15-20-13-21(16-31)35-20;1-2;;/h2*5-8,11-12,14,20-21,28H,3-4,9-10,13,15-17H2,1-2H3;1-2H3;2*1H. The number of aryl methyl sites for hydroxylation is 2. The highest BCUT2D eigenvalue weighted by molar-refractivity contribution is 7.89. The van der Waals surface area contributed by atoms with Gasteiger partial charge in [-0.05, 0) is 118 Å². The van der Waals surface area contributed by atoms with Crippen LogP contribution in [-0.2, 0) is 39.1 Å². The fraction of sp³-hybridized carbons (Fsp3) is 0.464. The van der Waals surface area contributed by atoms with E-state index in [2.05, 4.69) is 82.1 Å². The molecule has 9 heterocycles. The summed E-state index contributed by atoms with van der Waals surface area (Å²) in [6, 6.07) is 27.5. The predicted octanol–water partition coefficient (Wildman–Crippen LogP) is 8.25. The van der Waals surface area contributed by atoms with Gasteiger partial charge >= 0.3 is 0 Å². The first-order valence-corrected chi connectivity index (χ1v) is 29.2. The fourth-order valence-corrected chi connectivity index (χ4v) is 13.7. The van der Waals surface area contributed by atoms with E-state index in [9.17, 15) is 26.4 Å². The molecule has 18 heteroatoms. The molecule has 398 valence electrons. The molecule has 7 aliphatic heterocycles. The molecule has 0 saturated carbocycles. The number of nitrogens with zero attached hydrogens (tertiary/aromatic N) is 6. The lowest BCUT2D eigenvalue weighted by atomic mass is 9.91. The Balaban J connectivity index is 0.000000190. The lowest BCUT2D eigenvalue weighted by Crippen LogP contribution is -2.66.